The van der Waals surface area contributed by atoms with Crippen LogP contribution in [0.15, 0.2) is 45.6 Å². The first kappa shape index (κ1) is 18.3. The van der Waals surface area contributed by atoms with Crippen LogP contribution < -0.4 is 20.4 Å². The van der Waals surface area contributed by atoms with Crippen LogP contribution in [-0.4, -0.2) is 25.2 Å². The Labute approximate surface area is 155 Å². The number of phenols is 1. The second-order valence-electron chi connectivity index (χ2n) is 5.96. The van der Waals surface area contributed by atoms with E-state index in [0.717, 1.165) is 0 Å². The Morgan fingerprint density at radius 1 is 1.15 bits per heavy atom. The molecule has 0 fully saturated rings. The van der Waals surface area contributed by atoms with Crippen LogP contribution >= 0.6 is 0 Å². The van der Waals surface area contributed by atoms with Crippen LogP contribution in [0.5, 0.6) is 17.2 Å². The Balaban J connectivity index is 1.88. The first-order chi connectivity index (χ1) is 12.9. The van der Waals surface area contributed by atoms with Crippen LogP contribution in [0.1, 0.15) is 11.1 Å². The number of hydrogen-bond acceptors (Lipinski definition) is 6. The van der Waals surface area contributed by atoms with Gasteiger partial charge in [-0.2, -0.15) is 0 Å². The minimum Gasteiger partial charge on any atom is -0.508 e. The summed E-state index contributed by atoms with van der Waals surface area (Å²) < 4.78 is 15.6. The largest absolute Gasteiger partial charge is 0.508 e. The van der Waals surface area contributed by atoms with Crippen molar-refractivity contribution in [1.82, 2.24) is 0 Å². The molecule has 0 saturated heterocycles. The molecule has 3 rings (SSSR count). The summed E-state index contributed by atoms with van der Waals surface area (Å²) in [7, 11) is 3.02. The summed E-state index contributed by atoms with van der Waals surface area (Å²) in [6, 6.07) is 9.53. The summed E-state index contributed by atoms with van der Waals surface area (Å²) in [6.07, 6.45) is -0.153. The van der Waals surface area contributed by atoms with Gasteiger partial charge in [-0.15, -0.1) is 0 Å². The first-order valence-electron chi connectivity index (χ1n) is 8.20. The fraction of sp³-hybridized carbons (Fsp3) is 0.200. The number of amides is 1. The molecule has 7 nitrogen and oxygen atoms in total. The normalized spacial score (nSPS) is 10.6. The zero-order valence-corrected chi connectivity index (χ0v) is 15.2. The Kier molecular flexibility index (Phi) is 5.03. The minimum absolute atomic E-state index is 0.00199. The van der Waals surface area contributed by atoms with Crippen LogP contribution in [0.25, 0.3) is 11.0 Å². The van der Waals surface area contributed by atoms with E-state index in [0.29, 0.717) is 28.1 Å². The molecule has 0 aliphatic rings. The van der Waals surface area contributed by atoms with Gasteiger partial charge in [-0.1, -0.05) is 0 Å². The standard InChI is InChI=1S/C20H19NO6/c1-11-14-6-4-12(22)8-17(14)27-20(24)15(11)10-19(23)21-16-7-5-13(25-2)9-18(16)26-3/h4-9,22H,10H2,1-3H3,(H,21,23). The number of anilines is 1. The molecule has 0 spiro atoms. The number of methoxy groups -OCH3 is 2. The van der Waals surface area contributed by atoms with Crippen LogP contribution in [0, 0.1) is 6.92 Å². The number of nitrogens with one attached hydrogen (secondary N) is 1. The van der Waals surface area contributed by atoms with Crippen LogP contribution in [0.4, 0.5) is 5.69 Å². The van der Waals surface area contributed by atoms with Gasteiger partial charge in [0.05, 0.1) is 31.9 Å². The molecule has 0 unspecified atom stereocenters. The monoisotopic (exact) mass is 369 g/mol. The van der Waals surface area contributed by atoms with Gasteiger partial charge in [0, 0.05) is 17.5 Å². The predicted molar refractivity (Wildman–Crippen MR) is 101 cm³/mol. The molecule has 7 heteroatoms. The summed E-state index contributed by atoms with van der Waals surface area (Å²) in [5.41, 5.74) is 1.04. The van der Waals surface area contributed by atoms with Gasteiger partial charge in [-0.05, 0) is 36.8 Å². The zero-order chi connectivity index (χ0) is 19.6. The zero-order valence-electron chi connectivity index (χ0n) is 15.2. The number of carbonyl (C=O) groups is 1. The molecule has 0 aliphatic carbocycles. The van der Waals surface area contributed by atoms with Crippen molar-refractivity contribution in [3.63, 3.8) is 0 Å². The lowest BCUT2D eigenvalue weighted by atomic mass is 10.0. The SMILES string of the molecule is COc1ccc(NC(=O)Cc2c(C)c3ccc(O)cc3oc2=O)c(OC)c1. The van der Waals surface area contributed by atoms with Gasteiger partial charge in [0.1, 0.15) is 22.8 Å². The smallest absolute Gasteiger partial charge is 0.340 e. The van der Waals surface area contributed by atoms with Crippen molar-refractivity contribution < 1.29 is 23.8 Å². The van der Waals surface area contributed by atoms with Gasteiger partial charge in [-0.25, -0.2) is 4.79 Å². The Morgan fingerprint density at radius 2 is 1.93 bits per heavy atom. The van der Waals surface area contributed by atoms with E-state index in [-0.39, 0.29) is 29.2 Å². The molecule has 27 heavy (non-hydrogen) atoms. The number of aryl methyl sites for hydroxylation is 1. The Hall–Kier alpha value is -3.48. The third-order valence-electron chi connectivity index (χ3n) is 4.29. The molecule has 0 atom stereocenters. The van der Waals surface area contributed by atoms with Gasteiger partial charge in [0.15, 0.2) is 0 Å². The maximum Gasteiger partial charge on any atom is 0.340 e. The number of benzene rings is 2. The van der Waals surface area contributed by atoms with Gasteiger partial charge in [0.25, 0.3) is 0 Å². The molecular formula is C20H19NO6. The number of ether oxygens (including phenoxy) is 2. The van der Waals surface area contributed by atoms with E-state index in [9.17, 15) is 14.7 Å². The van der Waals surface area contributed by atoms with Gasteiger partial charge in [0.2, 0.25) is 5.91 Å². The number of phenolic OH excluding ortho intramolecular Hbond substituents is 1. The number of hydrogen-bond donors (Lipinski definition) is 2. The average Bonchev–Trinajstić information content (AvgIpc) is 2.65. The van der Waals surface area contributed by atoms with Crippen molar-refractivity contribution in [2.24, 2.45) is 0 Å². The second kappa shape index (κ2) is 7.41. The van der Waals surface area contributed by atoms with Crippen molar-refractivity contribution in [1.29, 1.82) is 0 Å². The van der Waals surface area contributed by atoms with Crippen LogP contribution in [0.3, 0.4) is 0 Å². The second-order valence-corrected chi connectivity index (χ2v) is 5.96. The van der Waals surface area contributed by atoms with E-state index in [1.165, 1.54) is 26.4 Å². The van der Waals surface area contributed by atoms with E-state index in [4.69, 9.17) is 13.9 Å². The molecule has 3 aromatic rings. The average molecular weight is 369 g/mol. The fourth-order valence-electron chi connectivity index (χ4n) is 2.84. The number of aromatic hydroxyl groups is 1. The van der Waals surface area contributed by atoms with E-state index in [2.05, 4.69) is 5.32 Å². The van der Waals surface area contributed by atoms with Crippen molar-refractivity contribution >= 4 is 22.6 Å². The molecular weight excluding hydrogens is 350 g/mol. The third-order valence-corrected chi connectivity index (χ3v) is 4.29. The molecule has 0 bridgehead atoms. The molecule has 1 heterocycles. The molecule has 2 aromatic carbocycles. The van der Waals surface area contributed by atoms with E-state index < -0.39 is 5.63 Å². The minimum atomic E-state index is -0.609. The van der Waals surface area contributed by atoms with E-state index >= 15 is 0 Å². The van der Waals surface area contributed by atoms with Crippen molar-refractivity contribution in [2.75, 3.05) is 19.5 Å². The Morgan fingerprint density at radius 3 is 2.63 bits per heavy atom. The number of fused-ring (bicyclic) bond motifs is 1. The maximum absolute atomic E-state index is 12.5. The van der Waals surface area contributed by atoms with Gasteiger partial charge >= 0.3 is 5.63 Å². The quantitative estimate of drug-likeness (QED) is 0.671. The molecule has 140 valence electrons. The molecule has 2 N–H and O–H groups in total. The molecule has 0 radical (unpaired) electrons. The lowest BCUT2D eigenvalue weighted by molar-refractivity contribution is -0.115. The highest BCUT2D eigenvalue weighted by Crippen LogP contribution is 2.29. The fourth-order valence-corrected chi connectivity index (χ4v) is 2.84. The van der Waals surface area contributed by atoms with E-state index in [1.54, 1.807) is 31.2 Å². The van der Waals surface area contributed by atoms with E-state index in [1.807, 2.05) is 0 Å². The summed E-state index contributed by atoms with van der Waals surface area (Å²) in [4.78, 5) is 24.8. The van der Waals surface area contributed by atoms with Crippen molar-refractivity contribution in [3.05, 3.63) is 57.9 Å². The lowest BCUT2D eigenvalue weighted by Gasteiger charge is -2.12. The topological polar surface area (TPSA) is 98.0 Å². The highest BCUT2D eigenvalue weighted by molar-refractivity contribution is 5.94. The summed E-state index contributed by atoms with van der Waals surface area (Å²) in [5.74, 6) is 0.661. The molecule has 0 saturated carbocycles. The highest BCUT2D eigenvalue weighted by atomic mass is 16.5. The summed E-state index contributed by atoms with van der Waals surface area (Å²) in [6.45, 7) is 1.74. The Bertz CT molecular complexity index is 1070. The molecule has 1 aromatic heterocycles. The van der Waals surface area contributed by atoms with Gasteiger partial charge < -0.3 is 24.3 Å². The van der Waals surface area contributed by atoms with Crippen molar-refractivity contribution in [2.45, 2.75) is 13.3 Å². The highest BCUT2D eigenvalue weighted by Gasteiger charge is 2.16. The third kappa shape index (κ3) is 3.72. The van der Waals surface area contributed by atoms with Crippen LogP contribution in [-0.2, 0) is 11.2 Å². The molecule has 0 aliphatic heterocycles. The molecule has 1 amide bonds. The summed E-state index contributed by atoms with van der Waals surface area (Å²) >= 11 is 0. The van der Waals surface area contributed by atoms with Crippen LogP contribution in [0.2, 0.25) is 0 Å². The lowest BCUT2D eigenvalue weighted by Crippen LogP contribution is -2.21. The van der Waals surface area contributed by atoms with Crippen molar-refractivity contribution in [3.8, 4) is 17.2 Å². The summed E-state index contributed by atoms with van der Waals surface area (Å²) in [5, 5.41) is 12.9. The maximum atomic E-state index is 12.5. The van der Waals surface area contributed by atoms with Gasteiger partial charge in [-0.3, -0.25) is 4.79 Å². The number of rotatable bonds is 5. The predicted octanol–water partition coefficient (Wildman–Crippen LogP) is 3.01. The first-order valence-corrected chi connectivity index (χ1v) is 8.20. The number of carbonyl (C=O) groups excluding carboxylic acids is 1.